The van der Waals surface area contributed by atoms with Crippen molar-refractivity contribution in [3.8, 4) is 5.75 Å². The smallest absolute Gasteiger partial charge is 0.379 e. The number of carbonyl (C=O) groups is 3. The number of carbonyl (C=O) groups excluding carboxylic acids is 3. The molecule has 0 unspecified atom stereocenters. The zero-order valence-corrected chi connectivity index (χ0v) is 16.2. The van der Waals surface area contributed by atoms with Gasteiger partial charge in [-0.2, -0.15) is 0 Å². The normalized spacial score (nSPS) is 15.1. The molecule has 0 N–H and O–H groups in total. The molecule has 1 aliphatic rings. The number of esters is 1. The second-order valence-corrected chi connectivity index (χ2v) is 7.33. The first-order valence-electron chi connectivity index (χ1n) is 8.85. The van der Waals surface area contributed by atoms with Crippen LogP contribution in [0.4, 0.5) is 9.18 Å². The summed E-state index contributed by atoms with van der Waals surface area (Å²) in [5.41, 5.74) is 1.24. The van der Waals surface area contributed by atoms with Crippen LogP contribution in [0.25, 0.3) is 6.08 Å². The standard InChI is InChI=1S/C22H14FNO5S/c23-16-8-6-14(7-9-16)13-24-20(25)19(30-22(24)27)12-15-3-1-4-17(11-15)29-21(26)18-5-2-10-28-18/h1-12H,13H2/b19-12-. The molecule has 2 aromatic carbocycles. The third-order valence-corrected chi connectivity index (χ3v) is 5.12. The molecule has 4 rings (SSSR count). The number of thioether (sulfide) groups is 1. The van der Waals surface area contributed by atoms with Gasteiger partial charge < -0.3 is 9.15 Å². The molecule has 2 heterocycles. The highest BCUT2D eigenvalue weighted by Gasteiger charge is 2.35. The Hall–Kier alpha value is -3.65. The van der Waals surface area contributed by atoms with E-state index in [-0.39, 0.29) is 28.8 Å². The Kier molecular flexibility index (Phi) is 5.49. The molecule has 8 heteroatoms. The third-order valence-electron chi connectivity index (χ3n) is 4.22. The summed E-state index contributed by atoms with van der Waals surface area (Å²) in [7, 11) is 0. The van der Waals surface area contributed by atoms with Gasteiger partial charge in [0.15, 0.2) is 0 Å². The van der Waals surface area contributed by atoms with Crippen molar-refractivity contribution < 1.29 is 27.9 Å². The van der Waals surface area contributed by atoms with Gasteiger partial charge in [-0.25, -0.2) is 9.18 Å². The van der Waals surface area contributed by atoms with Crippen LogP contribution in [0.1, 0.15) is 21.7 Å². The van der Waals surface area contributed by atoms with E-state index in [0.717, 1.165) is 16.7 Å². The lowest BCUT2D eigenvalue weighted by atomic mass is 10.2. The highest BCUT2D eigenvalue weighted by Crippen LogP contribution is 2.33. The number of rotatable bonds is 5. The molecule has 3 aromatic rings. The van der Waals surface area contributed by atoms with Crippen LogP contribution in [-0.2, 0) is 11.3 Å². The largest absolute Gasteiger partial charge is 0.457 e. The second kappa shape index (κ2) is 8.38. The van der Waals surface area contributed by atoms with Crippen LogP contribution in [0.2, 0.25) is 0 Å². The van der Waals surface area contributed by atoms with Crippen molar-refractivity contribution in [2.45, 2.75) is 6.54 Å². The van der Waals surface area contributed by atoms with Crippen molar-refractivity contribution in [3.05, 3.63) is 94.5 Å². The van der Waals surface area contributed by atoms with Gasteiger partial charge in [-0.3, -0.25) is 14.5 Å². The first-order valence-corrected chi connectivity index (χ1v) is 9.67. The summed E-state index contributed by atoms with van der Waals surface area (Å²) < 4.78 is 23.3. The first kappa shape index (κ1) is 19.7. The van der Waals surface area contributed by atoms with Crippen LogP contribution in [0.3, 0.4) is 0 Å². The van der Waals surface area contributed by atoms with Crippen LogP contribution in [0.15, 0.2) is 76.2 Å². The maximum absolute atomic E-state index is 13.1. The van der Waals surface area contributed by atoms with E-state index in [1.54, 1.807) is 36.4 Å². The number of imide groups is 1. The SMILES string of the molecule is O=C(Oc1cccc(/C=C2\SC(=O)N(Cc3ccc(F)cc3)C2=O)c1)c1ccco1. The molecule has 1 aliphatic heterocycles. The molecular weight excluding hydrogens is 409 g/mol. The van der Waals surface area contributed by atoms with Crippen molar-refractivity contribution in [2.75, 3.05) is 0 Å². The van der Waals surface area contributed by atoms with E-state index in [4.69, 9.17) is 9.15 Å². The van der Waals surface area contributed by atoms with Crippen LogP contribution in [-0.4, -0.2) is 22.0 Å². The molecule has 0 spiro atoms. The summed E-state index contributed by atoms with van der Waals surface area (Å²) in [6, 6.07) is 15.2. The van der Waals surface area contributed by atoms with E-state index in [2.05, 4.69) is 0 Å². The minimum Gasteiger partial charge on any atom is -0.457 e. The third kappa shape index (κ3) is 4.33. The number of benzene rings is 2. The van der Waals surface area contributed by atoms with Gasteiger partial charge in [0.05, 0.1) is 17.7 Å². The fourth-order valence-corrected chi connectivity index (χ4v) is 3.62. The summed E-state index contributed by atoms with van der Waals surface area (Å²) in [5, 5.41) is -0.407. The molecule has 0 saturated carbocycles. The fourth-order valence-electron chi connectivity index (χ4n) is 2.78. The molecule has 0 radical (unpaired) electrons. The molecule has 1 fully saturated rings. The maximum atomic E-state index is 13.1. The maximum Gasteiger partial charge on any atom is 0.379 e. The Morgan fingerprint density at radius 1 is 1.10 bits per heavy atom. The van der Waals surface area contributed by atoms with Crippen molar-refractivity contribution in [3.63, 3.8) is 0 Å². The molecule has 2 amide bonds. The predicted octanol–water partition coefficient (Wildman–Crippen LogP) is 4.87. The molecule has 0 aliphatic carbocycles. The number of hydrogen-bond donors (Lipinski definition) is 0. The number of halogens is 1. The lowest BCUT2D eigenvalue weighted by molar-refractivity contribution is -0.123. The van der Waals surface area contributed by atoms with E-state index in [1.165, 1.54) is 36.6 Å². The summed E-state index contributed by atoms with van der Waals surface area (Å²) >= 11 is 0.819. The van der Waals surface area contributed by atoms with Crippen LogP contribution >= 0.6 is 11.8 Å². The van der Waals surface area contributed by atoms with Gasteiger partial charge in [0.1, 0.15) is 11.6 Å². The summed E-state index contributed by atoms with van der Waals surface area (Å²) in [6.45, 7) is 0.0586. The van der Waals surface area contributed by atoms with Crippen molar-refractivity contribution in [1.29, 1.82) is 0 Å². The van der Waals surface area contributed by atoms with Gasteiger partial charge in [0, 0.05) is 0 Å². The molecular formula is C22H14FNO5S. The lowest BCUT2D eigenvalue weighted by Gasteiger charge is -2.12. The van der Waals surface area contributed by atoms with Gasteiger partial charge in [-0.05, 0) is 65.4 Å². The van der Waals surface area contributed by atoms with Crippen LogP contribution in [0, 0.1) is 5.82 Å². The topological polar surface area (TPSA) is 76.8 Å². The molecule has 0 bridgehead atoms. The van der Waals surface area contributed by atoms with E-state index in [9.17, 15) is 18.8 Å². The average molecular weight is 423 g/mol. The summed E-state index contributed by atoms with van der Waals surface area (Å²) in [4.78, 5) is 38.3. The molecule has 1 aromatic heterocycles. The Morgan fingerprint density at radius 3 is 2.63 bits per heavy atom. The first-order chi connectivity index (χ1) is 14.5. The molecule has 0 atom stereocenters. The van der Waals surface area contributed by atoms with Gasteiger partial charge >= 0.3 is 5.97 Å². The number of amides is 2. The Morgan fingerprint density at radius 2 is 1.90 bits per heavy atom. The molecule has 6 nitrogen and oxygen atoms in total. The predicted molar refractivity (Wildman–Crippen MR) is 108 cm³/mol. The van der Waals surface area contributed by atoms with E-state index in [0.29, 0.717) is 11.1 Å². The zero-order valence-electron chi connectivity index (χ0n) is 15.4. The Labute approximate surface area is 174 Å². The van der Waals surface area contributed by atoms with E-state index < -0.39 is 17.1 Å². The fraction of sp³-hybridized carbons (Fsp3) is 0.0455. The number of hydrogen-bond acceptors (Lipinski definition) is 6. The number of furan rings is 1. The molecule has 30 heavy (non-hydrogen) atoms. The number of ether oxygens (including phenoxy) is 1. The Balaban J connectivity index is 1.49. The average Bonchev–Trinajstić information content (AvgIpc) is 3.35. The van der Waals surface area contributed by atoms with Gasteiger partial charge in [0.2, 0.25) is 5.76 Å². The van der Waals surface area contributed by atoms with Crippen molar-refractivity contribution in [2.24, 2.45) is 0 Å². The monoisotopic (exact) mass is 423 g/mol. The van der Waals surface area contributed by atoms with Gasteiger partial charge in [-0.15, -0.1) is 0 Å². The lowest BCUT2D eigenvalue weighted by Crippen LogP contribution is -2.27. The molecule has 1 saturated heterocycles. The summed E-state index contributed by atoms with van der Waals surface area (Å²) in [6.07, 6.45) is 2.93. The molecule has 150 valence electrons. The summed E-state index contributed by atoms with van der Waals surface area (Å²) in [5.74, 6) is -1.12. The highest BCUT2D eigenvalue weighted by atomic mass is 32.2. The zero-order chi connectivity index (χ0) is 21.1. The Bertz CT molecular complexity index is 1140. The minimum absolute atomic E-state index is 0.0586. The van der Waals surface area contributed by atoms with E-state index >= 15 is 0 Å². The number of nitrogens with zero attached hydrogens (tertiary/aromatic N) is 1. The van der Waals surface area contributed by atoms with Crippen LogP contribution < -0.4 is 4.74 Å². The van der Waals surface area contributed by atoms with Gasteiger partial charge in [-0.1, -0.05) is 24.3 Å². The quantitative estimate of drug-likeness (QED) is 0.331. The second-order valence-electron chi connectivity index (χ2n) is 6.33. The van der Waals surface area contributed by atoms with Gasteiger partial charge in [0.25, 0.3) is 11.1 Å². The van der Waals surface area contributed by atoms with E-state index in [1.807, 2.05) is 0 Å². The van der Waals surface area contributed by atoms with Crippen LogP contribution in [0.5, 0.6) is 5.75 Å². The van der Waals surface area contributed by atoms with Crippen molar-refractivity contribution in [1.82, 2.24) is 4.90 Å². The minimum atomic E-state index is -0.642. The highest BCUT2D eigenvalue weighted by molar-refractivity contribution is 8.18. The van der Waals surface area contributed by atoms with Crippen molar-refractivity contribution >= 4 is 35.0 Å².